The highest BCUT2D eigenvalue weighted by atomic mass is 32.2. The number of hydrogen-bond acceptors (Lipinski definition) is 2. The predicted octanol–water partition coefficient (Wildman–Crippen LogP) is 4.40. The van der Waals surface area contributed by atoms with Crippen LogP contribution in [0.15, 0.2) is 47.4 Å². The standard InChI is InChI=1S/C17H21NS/c1-12-5-4-6-15(10-12)17(11-18)19-16-8-7-13(2)9-14(16)3/h4-10,17H,11,18H2,1-3H3. The molecular formula is C17H21NS. The second kappa shape index (κ2) is 6.27. The largest absolute Gasteiger partial charge is 0.329 e. The molecule has 2 aromatic rings. The summed E-state index contributed by atoms with van der Waals surface area (Å²) in [5.74, 6) is 0. The lowest BCUT2D eigenvalue weighted by atomic mass is 10.1. The topological polar surface area (TPSA) is 26.0 Å². The van der Waals surface area contributed by atoms with Crippen LogP contribution in [0.1, 0.15) is 27.5 Å². The first-order valence-electron chi connectivity index (χ1n) is 6.60. The highest BCUT2D eigenvalue weighted by molar-refractivity contribution is 7.99. The molecule has 1 unspecified atom stereocenters. The van der Waals surface area contributed by atoms with Gasteiger partial charge in [-0.05, 0) is 38.0 Å². The van der Waals surface area contributed by atoms with E-state index in [1.165, 1.54) is 27.1 Å². The molecule has 2 heteroatoms. The summed E-state index contributed by atoms with van der Waals surface area (Å²) in [7, 11) is 0. The quantitative estimate of drug-likeness (QED) is 0.834. The number of rotatable bonds is 4. The summed E-state index contributed by atoms with van der Waals surface area (Å²) in [5, 5.41) is 0.321. The summed E-state index contributed by atoms with van der Waals surface area (Å²) in [4.78, 5) is 1.32. The fourth-order valence-electron chi connectivity index (χ4n) is 2.21. The number of aryl methyl sites for hydroxylation is 3. The Morgan fingerprint density at radius 3 is 2.37 bits per heavy atom. The lowest BCUT2D eigenvalue weighted by Gasteiger charge is -2.17. The Labute approximate surface area is 120 Å². The highest BCUT2D eigenvalue weighted by Gasteiger charge is 2.12. The molecule has 0 aliphatic heterocycles. The van der Waals surface area contributed by atoms with Gasteiger partial charge in [0.1, 0.15) is 0 Å². The van der Waals surface area contributed by atoms with Gasteiger partial charge in [-0.2, -0.15) is 0 Å². The Kier molecular flexibility index (Phi) is 4.67. The first-order chi connectivity index (χ1) is 9.10. The van der Waals surface area contributed by atoms with E-state index in [1.54, 1.807) is 0 Å². The maximum absolute atomic E-state index is 5.96. The Balaban J connectivity index is 2.24. The van der Waals surface area contributed by atoms with Crippen molar-refractivity contribution in [3.63, 3.8) is 0 Å². The minimum absolute atomic E-state index is 0.321. The molecule has 0 aromatic heterocycles. The van der Waals surface area contributed by atoms with Crippen molar-refractivity contribution in [3.05, 3.63) is 64.7 Å². The van der Waals surface area contributed by atoms with Gasteiger partial charge in [0.15, 0.2) is 0 Å². The minimum Gasteiger partial charge on any atom is -0.329 e. The fourth-order valence-corrected chi connectivity index (χ4v) is 3.28. The Morgan fingerprint density at radius 1 is 1.00 bits per heavy atom. The Hall–Kier alpha value is -1.25. The number of thioether (sulfide) groups is 1. The summed E-state index contributed by atoms with van der Waals surface area (Å²) in [6.07, 6.45) is 0. The normalized spacial score (nSPS) is 12.4. The van der Waals surface area contributed by atoms with Crippen LogP contribution in [0.5, 0.6) is 0 Å². The molecule has 2 rings (SSSR count). The highest BCUT2D eigenvalue weighted by Crippen LogP contribution is 2.36. The third-order valence-electron chi connectivity index (χ3n) is 3.23. The maximum atomic E-state index is 5.96. The van der Waals surface area contributed by atoms with Crippen molar-refractivity contribution in [1.29, 1.82) is 0 Å². The third-order valence-corrected chi connectivity index (χ3v) is 4.69. The van der Waals surface area contributed by atoms with E-state index in [4.69, 9.17) is 5.73 Å². The van der Waals surface area contributed by atoms with E-state index >= 15 is 0 Å². The molecule has 0 saturated heterocycles. The molecule has 2 aromatic carbocycles. The zero-order valence-corrected chi connectivity index (χ0v) is 12.6. The Morgan fingerprint density at radius 2 is 1.74 bits per heavy atom. The Bertz CT molecular complexity index is 563. The predicted molar refractivity (Wildman–Crippen MR) is 84.7 cm³/mol. The van der Waals surface area contributed by atoms with Crippen LogP contribution >= 0.6 is 11.8 Å². The molecule has 0 amide bonds. The SMILES string of the molecule is Cc1cccc(C(CN)Sc2ccc(C)cc2C)c1. The van der Waals surface area contributed by atoms with Crippen molar-refractivity contribution < 1.29 is 0 Å². The number of hydrogen-bond donors (Lipinski definition) is 1. The van der Waals surface area contributed by atoms with E-state index in [-0.39, 0.29) is 0 Å². The van der Waals surface area contributed by atoms with Gasteiger partial charge in [-0.1, -0.05) is 47.5 Å². The summed E-state index contributed by atoms with van der Waals surface area (Å²) in [6, 6.07) is 15.2. The van der Waals surface area contributed by atoms with Gasteiger partial charge in [-0.15, -0.1) is 11.8 Å². The second-order valence-electron chi connectivity index (χ2n) is 5.03. The van der Waals surface area contributed by atoms with Crippen molar-refractivity contribution in [3.8, 4) is 0 Å². The monoisotopic (exact) mass is 271 g/mol. The molecule has 0 heterocycles. The molecule has 1 nitrogen and oxygen atoms in total. The molecule has 0 spiro atoms. The van der Waals surface area contributed by atoms with Gasteiger partial charge in [-0.25, -0.2) is 0 Å². The van der Waals surface area contributed by atoms with E-state index in [0.717, 1.165) is 0 Å². The van der Waals surface area contributed by atoms with Gasteiger partial charge in [0.05, 0.1) is 0 Å². The van der Waals surface area contributed by atoms with Gasteiger partial charge >= 0.3 is 0 Å². The molecule has 19 heavy (non-hydrogen) atoms. The minimum atomic E-state index is 0.321. The lowest BCUT2D eigenvalue weighted by molar-refractivity contribution is 0.938. The maximum Gasteiger partial charge on any atom is 0.0467 e. The third kappa shape index (κ3) is 3.62. The first-order valence-corrected chi connectivity index (χ1v) is 7.48. The van der Waals surface area contributed by atoms with Gasteiger partial charge in [0, 0.05) is 16.7 Å². The second-order valence-corrected chi connectivity index (χ2v) is 6.27. The molecule has 0 bridgehead atoms. The molecule has 0 aliphatic carbocycles. The number of nitrogens with two attached hydrogens (primary N) is 1. The van der Waals surface area contributed by atoms with E-state index < -0.39 is 0 Å². The van der Waals surface area contributed by atoms with Crippen LogP contribution in [0.2, 0.25) is 0 Å². The zero-order valence-electron chi connectivity index (χ0n) is 11.8. The van der Waals surface area contributed by atoms with Crippen LogP contribution in [0.25, 0.3) is 0 Å². The number of benzene rings is 2. The molecule has 2 N–H and O–H groups in total. The van der Waals surface area contributed by atoms with Crippen molar-refractivity contribution >= 4 is 11.8 Å². The first kappa shape index (κ1) is 14.2. The average Bonchev–Trinajstić information content (AvgIpc) is 2.38. The summed E-state index contributed by atoms with van der Waals surface area (Å²) >= 11 is 1.86. The molecular weight excluding hydrogens is 250 g/mol. The lowest BCUT2D eigenvalue weighted by Crippen LogP contribution is -2.09. The molecule has 0 fully saturated rings. The van der Waals surface area contributed by atoms with Gasteiger partial charge < -0.3 is 5.73 Å². The van der Waals surface area contributed by atoms with Crippen molar-refractivity contribution in [1.82, 2.24) is 0 Å². The summed E-state index contributed by atoms with van der Waals surface area (Å²) in [5.41, 5.74) is 11.2. The molecule has 1 atom stereocenters. The van der Waals surface area contributed by atoms with Crippen LogP contribution in [0, 0.1) is 20.8 Å². The van der Waals surface area contributed by atoms with E-state index in [0.29, 0.717) is 11.8 Å². The zero-order chi connectivity index (χ0) is 13.8. The molecule has 100 valence electrons. The molecule has 0 saturated carbocycles. The molecule has 0 aliphatic rings. The van der Waals surface area contributed by atoms with Crippen LogP contribution in [-0.4, -0.2) is 6.54 Å². The van der Waals surface area contributed by atoms with Crippen molar-refractivity contribution in [2.24, 2.45) is 5.73 Å². The van der Waals surface area contributed by atoms with Gasteiger partial charge in [0.2, 0.25) is 0 Å². The van der Waals surface area contributed by atoms with E-state index in [2.05, 4.69) is 63.2 Å². The summed E-state index contributed by atoms with van der Waals surface area (Å²) < 4.78 is 0. The van der Waals surface area contributed by atoms with Crippen LogP contribution in [0.4, 0.5) is 0 Å². The van der Waals surface area contributed by atoms with E-state index in [9.17, 15) is 0 Å². The smallest absolute Gasteiger partial charge is 0.0467 e. The van der Waals surface area contributed by atoms with Gasteiger partial charge in [0.25, 0.3) is 0 Å². The van der Waals surface area contributed by atoms with Crippen molar-refractivity contribution in [2.45, 2.75) is 30.9 Å². The fraction of sp³-hybridized carbons (Fsp3) is 0.294. The van der Waals surface area contributed by atoms with E-state index in [1.807, 2.05) is 11.8 Å². The van der Waals surface area contributed by atoms with Crippen LogP contribution in [0.3, 0.4) is 0 Å². The van der Waals surface area contributed by atoms with Crippen molar-refractivity contribution in [2.75, 3.05) is 6.54 Å². The van der Waals surface area contributed by atoms with Crippen LogP contribution in [-0.2, 0) is 0 Å². The summed E-state index contributed by atoms with van der Waals surface area (Å²) in [6.45, 7) is 7.07. The molecule has 0 radical (unpaired) electrons. The average molecular weight is 271 g/mol. The van der Waals surface area contributed by atoms with Gasteiger partial charge in [-0.3, -0.25) is 0 Å². The van der Waals surface area contributed by atoms with Crippen LogP contribution < -0.4 is 5.73 Å².